The van der Waals surface area contributed by atoms with Gasteiger partial charge in [0.1, 0.15) is 29.2 Å². The third-order valence-electron chi connectivity index (χ3n) is 9.10. The van der Waals surface area contributed by atoms with E-state index >= 15 is 0 Å². The fourth-order valence-electron chi connectivity index (χ4n) is 6.70. The molecule has 1 N–H and O–H groups in total. The summed E-state index contributed by atoms with van der Waals surface area (Å²) >= 11 is 2.83. The van der Waals surface area contributed by atoms with Crippen LogP contribution in [0.1, 0.15) is 85.8 Å². The van der Waals surface area contributed by atoms with Crippen molar-refractivity contribution in [3.8, 4) is 5.75 Å². The molecule has 282 valence electrons. The highest BCUT2D eigenvalue weighted by Crippen LogP contribution is 2.52. The van der Waals surface area contributed by atoms with Gasteiger partial charge in [-0.1, -0.05) is 19.1 Å². The number of esters is 4. The zero-order valence-electron chi connectivity index (χ0n) is 30.2. The van der Waals surface area contributed by atoms with Gasteiger partial charge >= 0.3 is 23.9 Å². The number of carbonyl (C=O) groups is 7. The Bertz CT molecular complexity index is 1660. The van der Waals surface area contributed by atoms with E-state index in [0.29, 0.717) is 24.1 Å². The van der Waals surface area contributed by atoms with Crippen LogP contribution in [0.25, 0.3) is 0 Å². The Hall–Kier alpha value is -4.12. The molecular formula is C35H44N4O11S2. The van der Waals surface area contributed by atoms with E-state index in [2.05, 4.69) is 10.3 Å². The second-order valence-corrected chi connectivity index (χ2v) is 17.5. The van der Waals surface area contributed by atoms with Crippen molar-refractivity contribution in [3.05, 3.63) is 29.8 Å². The lowest BCUT2D eigenvalue weighted by atomic mass is 9.95. The minimum atomic E-state index is -1.17. The molecule has 4 fully saturated rings. The fraction of sp³-hybridized carbons (Fsp3) is 0.600. The van der Waals surface area contributed by atoms with E-state index in [0.717, 1.165) is 0 Å². The molecule has 6 atom stereocenters. The molecule has 1 aromatic carbocycles. The van der Waals surface area contributed by atoms with E-state index in [1.165, 1.54) is 45.5 Å². The van der Waals surface area contributed by atoms with Crippen LogP contribution in [0.3, 0.4) is 0 Å². The molecule has 3 amide bonds. The van der Waals surface area contributed by atoms with E-state index in [1.54, 1.807) is 39.8 Å². The number of aliphatic imine (C=N–C) groups is 1. The molecule has 4 aliphatic heterocycles. The molecule has 4 heterocycles. The molecule has 0 bridgehead atoms. The predicted molar refractivity (Wildman–Crippen MR) is 190 cm³/mol. The van der Waals surface area contributed by atoms with Crippen molar-refractivity contribution in [1.29, 1.82) is 0 Å². The Kier molecular flexibility index (Phi) is 11.6. The van der Waals surface area contributed by atoms with E-state index in [-0.39, 0.29) is 36.5 Å². The Morgan fingerprint density at radius 2 is 1.52 bits per heavy atom. The van der Waals surface area contributed by atoms with Gasteiger partial charge in [-0.2, -0.15) is 0 Å². The number of hydrogen-bond donors (Lipinski definition) is 1. The number of β-lactam (4-membered cyclic amide) rings is 2. The molecule has 4 aliphatic rings. The van der Waals surface area contributed by atoms with E-state index in [1.807, 2.05) is 20.8 Å². The standard InChI is InChI=1S/C35H44N4O11S2/c1-8-10-23(41)50-20-13-11-19(12-14-20)25(36-18(3)15-24(42)47-9-2)29(43)37-26-30(44)39-28(35(6,7)52-31(26)39)33(46)49-17-48-32(45)27-34(4,5)51-22-16-21(40)38(22)27/h11-14,22,25-28,31H,8-10,15-17H2,1-7H3,(H,37,43)/t22-,25?,26-,27+,28+,31-/m1/s1. The number of benzene rings is 1. The van der Waals surface area contributed by atoms with Crippen molar-refractivity contribution in [1.82, 2.24) is 15.1 Å². The van der Waals surface area contributed by atoms with Crippen LogP contribution < -0.4 is 10.1 Å². The van der Waals surface area contributed by atoms with Crippen molar-refractivity contribution < 1.29 is 52.5 Å². The third-order valence-corrected chi connectivity index (χ3v) is 12.2. The van der Waals surface area contributed by atoms with Gasteiger partial charge in [0.25, 0.3) is 0 Å². The van der Waals surface area contributed by atoms with E-state index in [9.17, 15) is 33.6 Å². The highest BCUT2D eigenvalue weighted by Gasteiger charge is 2.65. The monoisotopic (exact) mass is 760 g/mol. The van der Waals surface area contributed by atoms with Crippen molar-refractivity contribution in [2.75, 3.05) is 13.4 Å². The van der Waals surface area contributed by atoms with Gasteiger partial charge in [0.05, 0.1) is 24.8 Å². The van der Waals surface area contributed by atoms with Crippen molar-refractivity contribution in [3.63, 3.8) is 0 Å². The lowest BCUT2D eigenvalue weighted by molar-refractivity contribution is -0.181. The summed E-state index contributed by atoms with van der Waals surface area (Å²) in [4.78, 5) is 97.3. The number of nitrogens with zero attached hydrogens (tertiary/aromatic N) is 3. The Morgan fingerprint density at radius 3 is 2.12 bits per heavy atom. The highest BCUT2D eigenvalue weighted by atomic mass is 32.2. The van der Waals surface area contributed by atoms with Gasteiger partial charge in [-0.15, -0.1) is 23.5 Å². The predicted octanol–water partition coefficient (Wildman–Crippen LogP) is 2.89. The van der Waals surface area contributed by atoms with Gasteiger partial charge in [-0.3, -0.25) is 29.0 Å². The average Bonchev–Trinajstić information content (AvgIpc) is 3.45. The molecule has 0 radical (unpaired) electrons. The molecule has 0 saturated carbocycles. The van der Waals surface area contributed by atoms with Crippen LogP contribution >= 0.6 is 23.5 Å². The fourth-order valence-corrected chi connectivity index (χ4v) is 9.94. The van der Waals surface area contributed by atoms with E-state index < -0.39 is 81.5 Å². The van der Waals surface area contributed by atoms with Crippen LogP contribution in [0.2, 0.25) is 0 Å². The largest absolute Gasteiger partial charge is 0.466 e. The number of nitrogens with one attached hydrogen (secondary N) is 1. The molecule has 1 unspecified atom stereocenters. The first kappa shape index (κ1) is 39.1. The zero-order chi connectivity index (χ0) is 38.1. The summed E-state index contributed by atoms with van der Waals surface area (Å²) < 4.78 is 19.6. The number of ether oxygens (including phenoxy) is 4. The van der Waals surface area contributed by atoms with Gasteiger partial charge in [-0.05, 0) is 65.7 Å². The summed E-state index contributed by atoms with van der Waals surface area (Å²) in [5.41, 5.74) is 0.744. The van der Waals surface area contributed by atoms with E-state index in [4.69, 9.17) is 18.9 Å². The lowest BCUT2D eigenvalue weighted by Crippen LogP contribution is -2.71. The summed E-state index contributed by atoms with van der Waals surface area (Å²) in [5.74, 6) is -3.33. The summed E-state index contributed by atoms with van der Waals surface area (Å²) in [6.07, 6.45) is 1.09. The number of hydrogen-bond acceptors (Lipinski definition) is 14. The van der Waals surface area contributed by atoms with Gasteiger partial charge in [0.2, 0.25) is 24.5 Å². The summed E-state index contributed by atoms with van der Waals surface area (Å²) in [6.45, 7) is 11.9. The van der Waals surface area contributed by atoms with Crippen LogP contribution in [0.4, 0.5) is 0 Å². The second-order valence-electron chi connectivity index (χ2n) is 13.9. The molecule has 52 heavy (non-hydrogen) atoms. The smallest absolute Gasteiger partial charge is 0.333 e. The first-order valence-electron chi connectivity index (χ1n) is 17.1. The first-order chi connectivity index (χ1) is 24.5. The molecule has 0 aliphatic carbocycles. The Labute approximate surface area is 310 Å². The van der Waals surface area contributed by atoms with Gasteiger partial charge in [0.15, 0.2) is 6.04 Å². The second kappa shape index (κ2) is 15.5. The third kappa shape index (κ3) is 7.94. The molecule has 0 aromatic heterocycles. The quantitative estimate of drug-likeness (QED) is 0.0960. The number of rotatable bonds is 14. The summed E-state index contributed by atoms with van der Waals surface area (Å²) in [6, 6.07) is 2.22. The summed E-state index contributed by atoms with van der Waals surface area (Å²) in [7, 11) is 0. The SMILES string of the molecule is CCCC(=O)Oc1ccc(C(N=C(C)CC(=O)OCC)C(=O)N[C@@H]2C(=O)N3[C@@H]2SC(C)(C)[C@@H]3C(=O)OCOC(=O)[C@@H]2N3C(=O)C[C@H]3SC2(C)C)cc1. The normalized spacial score (nSPS) is 25.9. The first-order valence-corrected chi connectivity index (χ1v) is 18.9. The Balaban J connectivity index is 1.24. The van der Waals surface area contributed by atoms with Crippen LogP contribution in [0.15, 0.2) is 29.3 Å². The van der Waals surface area contributed by atoms with Crippen molar-refractivity contribution in [2.45, 2.75) is 119 Å². The Morgan fingerprint density at radius 1 is 0.904 bits per heavy atom. The maximum Gasteiger partial charge on any atom is 0.333 e. The van der Waals surface area contributed by atoms with Gasteiger partial charge in [-0.25, -0.2) is 9.59 Å². The number of carbonyl (C=O) groups excluding carboxylic acids is 7. The molecular weight excluding hydrogens is 717 g/mol. The van der Waals surface area contributed by atoms with Crippen LogP contribution in [0, 0.1) is 0 Å². The van der Waals surface area contributed by atoms with Crippen molar-refractivity contribution in [2.24, 2.45) is 4.99 Å². The number of thioether (sulfide) groups is 2. The molecule has 5 rings (SSSR count). The minimum Gasteiger partial charge on any atom is -0.466 e. The maximum absolute atomic E-state index is 13.8. The molecule has 1 aromatic rings. The summed E-state index contributed by atoms with van der Waals surface area (Å²) in [5, 5.41) is 2.09. The molecule has 15 nitrogen and oxygen atoms in total. The molecule has 4 saturated heterocycles. The zero-order valence-corrected chi connectivity index (χ0v) is 31.8. The molecule has 0 spiro atoms. The van der Waals surface area contributed by atoms with Crippen LogP contribution in [0.5, 0.6) is 5.75 Å². The van der Waals surface area contributed by atoms with Crippen molar-refractivity contribution >= 4 is 70.8 Å². The van der Waals surface area contributed by atoms with Gasteiger partial charge in [0, 0.05) is 21.6 Å². The van der Waals surface area contributed by atoms with Crippen LogP contribution in [-0.2, 0) is 47.8 Å². The highest BCUT2D eigenvalue weighted by molar-refractivity contribution is 8.02. The topological polar surface area (TPSA) is 187 Å². The van der Waals surface area contributed by atoms with Gasteiger partial charge < -0.3 is 34.1 Å². The average molecular weight is 761 g/mol. The number of amides is 3. The molecule has 17 heteroatoms. The number of fused-ring (bicyclic) bond motifs is 2. The maximum atomic E-state index is 13.8. The van der Waals surface area contributed by atoms with Crippen LogP contribution in [-0.4, -0.2) is 109 Å². The lowest BCUT2D eigenvalue weighted by Gasteiger charge is -2.44. The minimum absolute atomic E-state index is 0.0835.